The second kappa shape index (κ2) is 5.19. The first-order chi connectivity index (χ1) is 5.77. The van der Waals surface area contributed by atoms with E-state index in [1.54, 1.807) is 0 Å². The quantitative estimate of drug-likeness (QED) is 0.349. The summed E-state index contributed by atoms with van der Waals surface area (Å²) in [5.74, 6) is 0. The van der Waals surface area contributed by atoms with E-state index >= 15 is 0 Å². The van der Waals surface area contributed by atoms with E-state index in [1.807, 2.05) is 0 Å². The molecule has 0 saturated carbocycles. The summed E-state index contributed by atoms with van der Waals surface area (Å²) in [4.78, 5) is 25.3. The molecular weight excluding hydrogens is 226 g/mol. The highest BCUT2D eigenvalue weighted by molar-refractivity contribution is 7.55. The molecule has 1 atom stereocenters. The van der Waals surface area contributed by atoms with E-state index < -0.39 is 34.7 Å². The Morgan fingerprint density at radius 1 is 1.08 bits per heavy atom. The molecule has 0 rings (SSSR count). The average Bonchev–Trinajstić information content (AvgIpc) is 1.97. The number of ether oxygens (including phenoxy) is 1. The summed E-state index contributed by atoms with van der Waals surface area (Å²) in [7, 11) is -8.65. The maximum absolute atomic E-state index is 10.8. The fourth-order valence-corrected chi connectivity index (χ4v) is 2.07. The van der Waals surface area contributed by atoms with Crippen molar-refractivity contribution in [3.05, 3.63) is 0 Å². The summed E-state index contributed by atoms with van der Waals surface area (Å²) in [5.41, 5.74) is 0. The summed E-state index contributed by atoms with van der Waals surface area (Å²) in [5, 5.41) is 8.09. The normalized spacial score (nSPS) is 16.9. The van der Waals surface area contributed by atoms with Crippen LogP contribution < -0.4 is 0 Å². The molecule has 0 aromatic heterocycles. The molecular formula is C3H10O8P2. The van der Waals surface area contributed by atoms with Gasteiger partial charge in [-0.3, -0.25) is 13.7 Å². The van der Waals surface area contributed by atoms with Gasteiger partial charge in [0.05, 0.1) is 0 Å². The van der Waals surface area contributed by atoms with E-state index in [0.29, 0.717) is 0 Å². The van der Waals surface area contributed by atoms with Gasteiger partial charge in [0.2, 0.25) is 0 Å². The zero-order valence-electron chi connectivity index (χ0n) is 6.44. The first kappa shape index (κ1) is 13.2. The topological polar surface area (TPSA) is 134 Å². The highest BCUT2D eigenvalue weighted by Crippen LogP contribution is 2.47. The summed E-state index contributed by atoms with van der Waals surface area (Å²) in [6, 6.07) is 0. The van der Waals surface area contributed by atoms with Crippen LogP contribution in [0, 0.1) is 0 Å². The van der Waals surface area contributed by atoms with Crippen molar-refractivity contribution in [1.29, 1.82) is 0 Å². The van der Waals surface area contributed by atoms with Crippen LogP contribution in [0.2, 0.25) is 0 Å². The van der Waals surface area contributed by atoms with Gasteiger partial charge >= 0.3 is 15.2 Å². The molecule has 0 aliphatic heterocycles. The number of aliphatic hydroxyl groups excluding tert-OH is 1. The van der Waals surface area contributed by atoms with Gasteiger partial charge in [-0.05, 0) is 0 Å². The van der Waals surface area contributed by atoms with Gasteiger partial charge < -0.3 is 24.5 Å². The molecule has 0 aliphatic rings. The fourth-order valence-electron chi connectivity index (χ4n) is 0.359. The van der Waals surface area contributed by atoms with Gasteiger partial charge in [0.15, 0.2) is 12.7 Å². The van der Waals surface area contributed by atoms with Crippen LogP contribution in [-0.2, 0) is 18.4 Å². The molecule has 0 aromatic rings. The molecule has 0 radical (unpaired) electrons. The largest absolute Gasteiger partial charge is 0.371 e. The third-order valence-corrected chi connectivity index (χ3v) is 2.48. The number of hydrogen-bond donors (Lipinski definition) is 4. The van der Waals surface area contributed by atoms with E-state index in [1.165, 1.54) is 0 Å². The Balaban J connectivity index is 3.90. The minimum absolute atomic E-state index is 0.774. The molecule has 8 nitrogen and oxygen atoms in total. The molecule has 80 valence electrons. The van der Waals surface area contributed by atoms with Crippen LogP contribution in [-0.4, -0.2) is 39.3 Å². The van der Waals surface area contributed by atoms with Gasteiger partial charge in [0.1, 0.15) is 6.79 Å². The lowest BCUT2D eigenvalue weighted by molar-refractivity contribution is 0.0135. The first-order valence-electron chi connectivity index (χ1n) is 2.96. The van der Waals surface area contributed by atoms with Crippen LogP contribution in [0.25, 0.3) is 0 Å². The zero-order chi connectivity index (χ0) is 10.5. The van der Waals surface area contributed by atoms with Crippen LogP contribution in [0.4, 0.5) is 0 Å². The lowest BCUT2D eigenvalue weighted by Gasteiger charge is -2.11. The summed E-state index contributed by atoms with van der Waals surface area (Å²) in [6.07, 6.45) is -1.97. The van der Waals surface area contributed by atoms with Crippen molar-refractivity contribution in [3.8, 4) is 0 Å². The average molecular weight is 236 g/mol. The van der Waals surface area contributed by atoms with Crippen molar-refractivity contribution >= 4 is 15.2 Å². The number of hydrogen-bond acceptors (Lipinski definition) is 5. The monoisotopic (exact) mass is 236 g/mol. The van der Waals surface area contributed by atoms with Crippen molar-refractivity contribution in [2.75, 3.05) is 19.5 Å². The van der Waals surface area contributed by atoms with Crippen LogP contribution in [0.3, 0.4) is 0 Å². The van der Waals surface area contributed by atoms with Gasteiger partial charge in [-0.15, -0.1) is 0 Å². The van der Waals surface area contributed by atoms with Crippen molar-refractivity contribution in [3.63, 3.8) is 0 Å². The van der Waals surface area contributed by atoms with Crippen LogP contribution in [0.5, 0.6) is 0 Å². The van der Waals surface area contributed by atoms with E-state index in [0.717, 1.165) is 0 Å². The van der Waals surface area contributed by atoms with Gasteiger partial charge in [-0.25, -0.2) is 0 Å². The molecule has 10 heteroatoms. The molecule has 0 fully saturated rings. The molecule has 0 bridgehead atoms. The highest BCUT2D eigenvalue weighted by atomic mass is 31.2. The molecule has 0 saturated heterocycles. The van der Waals surface area contributed by atoms with Crippen molar-refractivity contribution in [1.82, 2.24) is 0 Å². The molecule has 0 aromatic carbocycles. The van der Waals surface area contributed by atoms with Crippen molar-refractivity contribution < 1.29 is 38.2 Å². The molecule has 0 spiro atoms. The summed E-state index contributed by atoms with van der Waals surface area (Å²) < 4.78 is 29.1. The van der Waals surface area contributed by atoms with Crippen LogP contribution in [0.15, 0.2) is 0 Å². The SMILES string of the molecule is O=P(O)(O)COP(=O)(O)COCO. The lowest BCUT2D eigenvalue weighted by atomic mass is 11.4. The molecule has 4 N–H and O–H groups in total. The Bertz CT molecular complexity index is 232. The van der Waals surface area contributed by atoms with Gasteiger partial charge in [-0.1, -0.05) is 0 Å². The minimum Gasteiger partial charge on any atom is -0.371 e. The maximum Gasteiger partial charge on any atom is 0.354 e. The molecule has 1 unspecified atom stereocenters. The Morgan fingerprint density at radius 2 is 1.62 bits per heavy atom. The van der Waals surface area contributed by atoms with Gasteiger partial charge in [-0.2, -0.15) is 0 Å². The first-order valence-corrected chi connectivity index (χ1v) is 6.52. The third kappa shape index (κ3) is 8.55. The maximum atomic E-state index is 10.8. The van der Waals surface area contributed by atoms with Crippen molar-refractivity contribution in [2.45, 2.75) is 0 Å². The highest BCUT2D eigenvalue weighted by Gasteiger charge is 2.24. The smallest absolute Gasteiger partial charge is 0.354 e. The Labute approximate surface area is 73.8 Å². The Morgan fingerprint density at radius 3 is 2.00 bits per heavy atom. The van der Waals surface area contributed by atoms with E-state index in [-0.39, 0.29) is 0 Å². The molecule has 13 heavy (non-hydrogen) atoms. The Kier molecular flexibility index (Phi) is 5.28. The number of aliphatic hydroxyl groups is 1. The third-order valence-electron chi connectivity index (χ3n) is 0.773. The predicted octanol–water partition coefficient (Wildman–Crippen LogP) is -0.753. The minimum atomic E-state index is -4.47. The number of rotatable bonds is 6. The van der Waals surface area contributed by atoms with E-state index in [9.17, 15) is 9.13 Å². The van der Waals surface area contributed by atoms with E-state index in [2.05, 4.69) is 9.26 Å². The van der Waals surface area contributed by atoms with Crippen LogP contribution >= 0.6 is 15.2 Å². The molecule has 0 aliphatic carbocycles. The second-order valence-corrected chi connectivity index (χ2v) is 5.40. The summed E-state index contributed by atoms with van der Waals surface area (Å²) in [6.45, 7) is -0.774. The van der Waals surface area contributed by atoms with Crippen LogP contribution in [0.1, 0.15) is 0 Å². The van der Waals surface area contributed by atoms with Gasteiger partial charge in [0.25, 0.3) is 0 Å². The molecule has 0 heterocycles. The second-order valence-electron chi connectivity index (χ2n) is 2.02. The fraction of sp³-hybridized carbons (Fsp3) is 1.00. The van der Waals surface area contributed by atoms with E-state index in [4.69, 9.17) is 19.8 Å². The Hall–Kier alpha value is 0.220. The van der Waals surface area contributed by atoms with Gasteiger partial charge in [0, 0.05) is 0 Å². The summed E-state index contributed by atoms with van der Waals surface area (Å²) >= 11 is 0. The predicted molar refractivity (Wildman–Crippen MR) is 40.9 cm³/mol. The lowest BCUT2D eigenvalue weighted by Crippen LogP contribution is -2.01. The molecule has 0 amide bonds. The zero-order valence-corrected chi connectivity index (χ0v) is 8.23. The van der Waals surface area contributed by atoms with Crippen molar-refractivity contribution in [2.24, 2.45) is 0 Å². The standard InChI is InChI=1S/C3H10O8P2/c4-1-10-2-13(8,9)11-3-12(5,6)7/h4H,1-3H2,(H,8,9)(H2,5,6,7).